The number of rotatable bonds is 6. The summed E-state index contributed by atoms with van der Waals surface area (Å²) in [5.41, 5.74) is 3.97. The number of unbranched alkanes of at least 4 members (excludes halogenated alkanes) is 1. The van der Waals surface area contributed by atoms with Gasteiger partial charge in [-0.15, -0.1) is 5.06 Å². The van der Waals surface area contributed by atoms with E-state index < -0.39 is 17.8 Å². The average molecular weight is 432 g/mol. The Hall–Kier alpha value is -3.74. The number of para-hydroxylation sites is 1. The van der Waals surface area contributed by atoms with Gasteiger partial charge in [0.2, 0.25) is 5.91 Å². The smallest absolute Gasteiger partial charge is 0.330 e. The summed E-state index contributed by atoms with van der Waals surface area (Å²) in [4.78, 5) is 54.8. The average Bonchev–Trinajstić information content (AvgIpc) is 3.10. The molecule has 0 unspecified atom stereocenters. The predicted octanol–water partition coefficient (Wildman–Crippen LogP) is 3.87. The van der Waals surface area contributed by atoms with Crippen molar-refractivity contribution in [2.45, 2.75) is 45.1 Å². The Bertz CT molecular complexity index is 1080. The van der Waals surface area contributed by atoms with Crippen LogP contribution in [0.2, 0.25) is 0 Å². The lowest BCUT2D eigenvalue weighted by Crippen LogP contribution is -2.32. The van der Waals surface area contributed by atoms with Crippen LogP contribution >= 0.6 is 0 Å². The van der Waals surface area contributed by atoms with Gasteiger partial charge in [-0.1, -0.05) is 54.6 Å². The number of benzene rings is 2. The number of carbonyl (C=O) groups excluding carboxylic acids is 4. The molecule has 0 radical (unpaired) electrons. The molecule has 2 aliphatic heterocycles. The SMILES string of the molecule is O=C(CCCCC(=O)N1Cc2ccccc2C=Cc2ccccc21)ON1C(=O)CCC1=O. The Morgan fingerprint density at radius 1 is 0.812 bits per heavy atom. The number of hydroxylamine groups is 2. The van der Waals surface area contributed by atoms with Crippen molar-refractivity contribution < 1.29 is 24.0 Å². The molecule has 3 amide bonds. The number of hydrogen-bond donors (Lipinski definition) is 0. The van der Waals surface area contributed by atoms with Crippen molar-refractivity contribution in [3.63, 3.8) is 0 Å². The molecule has 0 saturated carbocycles. The lowest BCUT2D eigenvalue weighted by molar-refractivity contribution is -0.197. The lowest BCUT2D eigenvalue weighted by Gasteiger charge is -2.27. The predicted molar refractivity (Wildman–Crippen MR) is 119 cm³/mol. The van der Waals surface area contributed by atoms with E-state index in [0.717, 1.165) is 22.4 Å². The summed E-state index contributed by atoms with van der Waals surface area (Å²) in [6.07, 6.45) is 5.44. The Morgan fingerprint density at radius 2 is 1.44 bits per heavy atom. The first-order valence-electron chi connectivity index (χ1n) is 10.7. The van der Waals surface area contributed by atoms with E-state index >= 15 is 0 Å². The van der Waals surface area contributed by atoms with Gasteiger partial charge in [-0.3, -0.25) is 14.4 Å². The maximum Gasteiger partial charge on any atom is 0.333 e. The van der Waals surface area contributed by atoms with Crippen LogP contribution < -0.4 is 4.90 Å². The van der Waals surface area contributed by atoms with E-state index in [1.807, 2.05) is 54.6 Å². The molecule has 2 heterocycles. The second kappa shape index (κ2) is 9.60. The van der Waals surface area contributed by atoms with Gasteiger partial charge in [0.25, 0.3) is 11.8 Å². The molecule has 7 heteroatoms. The maximum atomic E-state index is 13.1. The van der Waals surface area contributed by atoms with Crippen molar-refractivity contribution in [2.75, 3.05) is 4.90 Å². The second-order valence-electron chi connectivity index (χ2n) is 7.82. The monoisotopic (exact) mass is 432 g/mol. The second-order valence-corrected chi connectivity index (χ2v) is 7.82. The zero-order valence-corrected chi connectivity index (χ0v) is 17.7. The molecule has 0 bridgehead atoms. The summed E-state index contributed by atoms with van der Waals surface area (Å²) >= 11 is 0. The first kappa shape index (κ1) is 21.5. The summed E-state index contributed by atoms with van der Waals surface area (Å²) in [6.45, 7) is 0.470. The molecule has 1 fully saturated rings. The summed E-state index contributed by atoms with van der Waals surface area (Å²) in [5, 5.41) is 0.551. The fraction of sp³-hybridized carbons (Fsp3) is 0.280. The van der Waals surface area contributed by atoms with Gasteiger partial charge in [-0.05, 0) is 35.6 Å². The third kappa shape index (κ3) is 4.77. The molecule has 2 aromatic rings. The highest BCUT2D eigenvalue weighted by molar-refractivity contribution is 6.01. The highest BCUT2D eigenvalue weighted by atomic mass is 16.7. The molecule has 0 aromatic heterocycles. The molecule has 0 N–H and O–H groups in total. The van der Waals surface area contributed by atoms with Gasteiger partial charge in [0.1, 0.15) is 0 Å². The van der Waals surface area contributed by atoms with Crippen molar-refractivity contribution in [2.24, 2.45) is 0 Å². The van der Waals surface area contributed by atoms with Crippen molar-refractivity contribution in [3.05, 3.63) is 65.2 Å². The lowest BCUT2D eigenvalue weighted by atomic mass is 10.0. The van der Waals surface area contributed by atoms with Crippen molar-refractivity contribution in [1.29, 1.82) is 0 Å². The Labute approximate surface area is 186 Å². The van der Waals surface area contributed by atoms with Crippen LogP contribution in [0, 0.1) is 0 Å². The van der Waals surface area contributed by atoms with Crippen LogP contribution in [0.5, 0.6) is 0 Å². The summed E-state index contributed by atoms with van der Waals surface area (Å²) in [7, 11) is 0. The van der Waals surface area contributed by atoms with Crippen LogP contribution in [0.3, 0.4) is 0 Å². The number of fused-ring (bicyclic) bond motifs is 2. The van der Waals surface area contributed by atoms with Crippen LogP contribution in [0.4, 0.5) is 5.69 Å². The molecule has 0 aliphatic carbocycles. The quantitative estimate of drug-likeness (QED) is 0.511. The van der Waals surface area contributed by atoms with E-state index in [4.69, 9.17) is 4.84 Å². The molecule has 0 spiro atoms. The normalized spacial score (nSPS) is 15.1. The van der Waals surface area contributed by atoms with E-state index in [9.17, 15) is 19.2 Å². The largest absolute Gasteiger partial charge is 0.333 e. The minimum atomic E-state index is -0.642. The van der Waals surface area contributed by atoms with Crippen LogP contribution in [0.25, 0.3) is 12.2 Å². The van der Waals surface area contributed by atoms with Crippen molar-refractivity contribution in [1.82, 2.24) is 5.06 Å². The molecule has 0 atom stereocenters. The zero-order chi connectivity index (χ0) is 22.5. The molecule has 1 saturated heterocycles. The van der Waals surface area contributed by atoms with Crippen LogP contribution in [0.15, 0.2) is 48.5 Å². The van der Waals surface area contributed by atoms with Gasteiger partial charge in [0.15, 0.2) is 0 Å². The van der Waals surface area contributed by atoms with Crippen LogP contribution in [0.1, 0.15) is 55.2 Å². The number of nitrogens with zero attached hydrogens (tertiary/aromatic N) is 2. The van der Waals surface area contributed by atoms with E-state index in [2.05, 4.69) is 6.08 Å². The first-order valence-corrected chi connectivity index (χ1v) is 10.7. The molecule has 2 aromatic carbocycles. The molecule has 32 heavy (non-hydrogen) atoms. The highest BCUT2D eigenvalue weighted by Gasteiger charge is 2.32. The third-order valence-electron chi connectivity index (χ3n) is 5.58. The minimum absolute atomic E-state index is 0.0270. The molecule has 2 aliphatic rings. The number of amides is 3. The van der Waals surface area contributed by atoms with Gasteiger partial charge in [0.05, 0.1) is 12.2 Å². The van der Waals surface area contributed by atoms with Crippen molar-refractivity contribution >= 4 is 41.5 Å². The number of imide groups is 1. The Kier molecular flexibility index (Phi) is 6.44. The number of anilines is 1. The molecule has 164 valence electrons. The molecular weight excluding hydrogens is 408 g/mol. The standard InChI is InChI=1S/C25H24N2O5/c28-22(11-5-6-12-25(31)32-27-23(29)15-16-24(27)30)26-17-20-9-2-1-7-18(20)13-14-19-8-3-4-10-21(19)26/h1-4,7-10,13-14H,5-6,11-12,15-17H2. The zero-order valence-electron chi connectivity index (χ0n) is 17.7. The fourth-order valence-corrected chi connectivity index (χ4v) is 3.86. The van der Waals surface area contributed by atoms with Gasteiger partial charge in [-0.2, -0.15) is 0 Å². The van der Waals surface area contributed by atoms with Crippen molar-refractivity contribution in [3.8, 4) is 0 Å². The Morgan fingerprint density at radius 3 is 2.22 bits per heavy atom. The van der Waals surface area contributed by atoms with E-state index in [1.165, 1.54) is 0 Å². The van der Waals surface area contributed by atoms with Gasteiger partial charge in [-0.25, -0.2) is 4.79 Å². The summed E-state index contributed by atoms with van der Waals surface area (Å²) < 4.78 is 0. The topological polar surface area (TPSA) is 84.0 Å². The number of carbonyl (C=O) groups is 4. The van der Waals surface area contributed by atoms with Gasteiger partial charge in [0, 0.05) is 25.7 Å². The van der Waals surface area contributed by atoms with E-state index in [0.29, 0.717) is 24.4 Å². The third-order valence-corrected chi connectivity index (χ3v) is 5.58. The molecule has 4 rings (SSSR count). The summed E-state index contributed by atoms with van der Waals surface area (Å²) in [5.74, 6) is -1.66. The van der Waals surface area contributed by atoms with E-state index in [-0.39, 0.29) is 31.6 Å². The molecular formula is C25H24N2O5. The highest BCUT2D eigenvalue weighted by Crippen LogP contribution is 2.29. The molecule has 7 nitrogen and oxygen atoms in total. The fourth-order valence-electron chi connectivity index (χ4n) is 3.86. The minimum Gasteiger partial charge on any atom is -0.330 e. The Balaban J connectivity index is 1.36. The summed E-state index contributed by atoms with van der Waals surface area (Å²) in [6, 6.07) is 15.8. The first-order chi connectivity index (χ1) is 15.5. The van der Waals surface area contributed by atoms with Crippen LogP contribution in [-0.2, 0) is 30.6 Å². The van der Waals surface area contributed by atoms with E-state index in [1.54, 1.807) is 4.90 Å². The number of hydrogen-bond acceptors (Lipinski definition) is 5. The van der Waals surface area contributed by atoms with Gasteiger partial charge >= 0.3 is 5.97 Å². The maximum absolute atomic E-state index is 13.1. The van der Waals surface area contributed by atoms with Crippen LogP contribution in [-0.4, -0.2) is 28.8 Å². The van der Waals surface area contributed by atoms with Gasteiger partial charge < -0.3 is 9.74 Å².